The average Bonchev–Trinajstić information content (AvgIpc) is 1.10. The second-order valence-electron chi connectivity index (χ2n) is 26.9. The molecule has 4 saturated heterocycles. The monoisotopic (exact) mass is 1670 g/mol. The number of hydrogen-bond donors (Lipinski definition) is 0. The first-order valence-electron chi connectivity index (χ1n) is 36.2. The number of carbonyl (C=O) groups excluding carboxylic acids is 16. The van der Waals surface area contributed by atoms with Crippen LogP contribution < -0.4 is 9.47 Å². The van der Waals surface area contributed by atoms with Crippen LogP contribution in [-0.2, 0) is 182 Å². The topological polar surface area (TPSA) is 541 Å². The molecule has 45 nitrogen and oxygen atoms in total. The molecule has 20 atom stereocenters. The number of fused-ring (bicyclic) bond motifs is 1. The van der Waals surface area contributed by atoms with Gasteiger partial charge in [-0.1, -0.05) is 22.6 Å². The van der Waals surface area contributed by atoms with Crippen LogP contribution in [0, 0.1) is 0 Å². The number of benzene rings is 2. The van der Waals surface area contributed by atoms with Crippen LogP contribution in [0.2, 0.25) is 0 Å². The first kappa shape index (κ1) is 89.7. The number of carbonyl (C=O) groups is 16. The SMILES string of the molecule is CC(=O)OC[C@H]1O[C@@H](O[C@H]2[C@H](OC(C)=O)[C@@H](OC(C)=O)[C@H](n3cc(COc4cc(CN5C(=O)c6ccccc6C5=O)cc(OCc5cn([C@@H]6O[C@H](COC(C)=O)[C@@H](O[C@@H]7O[C@H](COC(C)=O)[C@H](OC(C)=O)[C@H](OC(C)=O)[C@H]7OC(C)=O)[C@H](OC(C)=O)[C@H]6OC(C)=O)nn5)c4)nn3)O[C@@H]2COC(C)=O)[C@H](OC(C)=O)[C@@H](OC(C)=O)[C@H]1OC(C)=O. The third kappa shape index (κ3) is 23.8. The number of aromatic nitrogens is 6. The first-order valence-corrected chi connectivity index (χ1v) is 36.2. The maximum Gasteiger partial charge on any atom is 0.303 e. The van der Waals surface area contributed by atoms with E-state index in [1.54, 1.807) is 12.1 Å². The van der Waals surface area contributed by atoms with Crippen LogP contribution in [-0.4, -0.2) is 267 Å². The quantitative estimate of drug-likeness (QED) is 0.0363. The molecule has 0 bridgehead atoms. The number of rotatable bonds is 32. The van der Waals surface area contributed by atoms with E-state index in [9.17, 15) is 76.7 Å². The molecule has 640 valence electrons. The molecule has 0 saturated carbocycles. The van der Waals surface area contributed by atoms with Crippen molar-refractivity contribution in [2.45, 2.75) is 239 Å². The number of esters is 14. The van der Waals surface area contributed by atoms with Gasteiger partial charge in [0.1, 0.15) is 99.2 Å². The number of hydrogen-bond acceptors (Lipinski definition) is 42. The minimum atomic E-state index is -1.98. The van der Waals surface area contributed by atoms with E-state index in [1.165, 1.54) is 42.7 Å². The van der Waals surface area contributed by atoms with E-state index in [0.29, 0.717) is 0 Å². The molecule has 4 aromatic rings. The minimum Gasteiger partial charge on any atom is -0.487 e. The van der Waals surface area contributed by atoms with Gasteiger partial charge in [0, 0.05) is 103 Å². The van der Waals surface area contributed by atoms with Gasteiger partial charge in [0.2, 0.25) is 0 Å². The van der Waals surface area contributed by atoms with Crippen molar-refractivity contribution in [3.8, 4) is 11.5 Å². The van der Waals surface area contributed by atoms with Crippen molar-refractivity contribution < 1.29 is 181 Å². The molecule has 0 radical (unpaired) electrons. The van der Waals surface area contributed by atoms with Crippen LogP contribution in [0.25, 0.3) is 0 Å². The maximum atomic E-state index is 13.8. The molecule has 9 rings (SSSR count). The molecule has 118 heavy (non-hydrogen) atoms. The summed E-state index contributed by atoms with van der Waals surface area (Å²) in [4.78, 5) is 207. The third-order valence-corrected chi connectivity index (χ3v) is 17.4. The van der Waals surface area contributed by atoms with Gasteiger partial charge in [0.05, 0.1) is 30.1 Å². The summed E-state index contributed by atoms with van der Waals surface area (Å²) < 4.78 is 131. The molecule has 2 aromatic carbocycles. The summed E-state index contributed by atoms with van der Waals surface area (Å²) in [5.74, 6) is -14.7. The van der Waals surface area contributed by atoms with E-state index in [0.717, 1.165) is 111 Å². The van der Waals surface area contributed by atoms with Gasteiger partial charge in [-0.3, -0.25) is 81.6 Å². The largest absolute Gasteiger partial charge is 0.487 e. The van der Waals surface area contributed by atoms with Crippen molar-refractivity contribution in [2.24, 2.45) is 0 Å². The molecule has 45 heteroatoms. The van der Waals surface area contributed by atoms with Gasteiger partial charge in [0.15, 0.2) is 86.1 Å². The summed E-state index contributed by atoms with van der Waals surface area (Å²) in [6.45, 7) is 9.83. The second-order valence-corrected chi connectivity index (χ2v) is 26.9. The van der Waals surface area contributed by atoms with Gasteiger partial charge in [-0.15, -0.1) is 10.2 Å². The smallest absolute Gasteiger partial charge is 0.303 e. The zero-order valence-corrected chi connectivity index (χ0v) is 65.8. The summed E-state index contributed by atoms with van der Waals surface area (Å²) in [6, 6.07) is 10.4. The molecule has 2 aromatic heterocycles. The lowest BCUT2D eigenvalue weighted by Gasteiger charge is -2.48. The molecule has 0 spiro atoms. The number of nitrogens with zero attached hydrogens (tertiary/aromatic N) is 7. The van der Waals surface area contributed by atoms with Gasteiger partial charge in [-0.05, 0) is 29.8 Å². The van der Waals surface area contributed by atoms with Gasteiger partial charge in [-0.2, -0.15) is 0 Å². The Morgan fingerprint density at radius 2 is 0.619 bits per heavy atom. The second kappa shape index (κ2) is 40.1. The zero-order valence-electron chi connectivity index (χ0n) is 65.8. The first-order chi connectivity index (χ1) is 55.8. The van der Waals surface area contributed by atoms with E-state index >= 15 is 0 Å². The molecule has 5 aliphatic rings. The fourth-order valence-corrected chi connectivity index (χ4v) is 13.2. The highest BCUT2D eigenvalue weighted by Gasteiger charge is 2.61. The van der Waals surface area contributed by atoms with Crippen LogP contribution in [0.3, 0.4) is 0 Å². The Morgan fingerprint density at radius 1 is 0.339 bits per heavy atom. The third-order valence-electron chi connectivity index (χ3n) is 17.4. The van der Waals surface area contributed by atoms with Crippen LogP contribution in [0.1, 0.15) is 147 Å². The zero-order chi connectivity index (χ0) is 86.3. The van der Waals surface area contributed by atoms with Crippen molar-refractivity contribution in [1.29, 1.82) is 0 Å². The summed E-state index contributed by atoms with van der Waals surface area (Å²) in [7, 11) is 0. The molecule has 7 heterocycles. The van der Waals surface area contributed by atoms with Crippen LogP contribution >= 0.6 is 0 Å². The fourth-order valence-electron chi connectivity index (χ4n) is 13.2. The van der Waals surface area contributed by atoms with Crippen LogP contribution in [0.15, 0.2) is 54.9 Å². The van der Waals surface area contributed by atoms with E-state index in [2.05, 4.69) is 20.6 Å². The summed E-state index contributed by atoms with van der Waals surface area (Å²) >= 11 is 0. The normalized spacial score (nSPS) is 27.1. The van der Waals surface area contributed by atoms with Crippen LogP contribution in [0.5, 0.6) is 11.5 Å². The van der Waals surface area contributed by atoms with Gasteiger partial charge >= 0.3 is 83.6 Å². The standard InChI is InChI=1S/C73H85N7O38/c1-31(81)97-27-52-58(117-72-66(111-43(13)93)62(107-39(9)89)56(103-35(5)85)54(115-72)29-99-33(3)83)60(105-37(7)87)64(109-41(11)91)70(113-52)79-23-46(74-76-79)25-101-48-19-45(22-78-68(95)50-17-15-16-18-51(50)69(78)96)20-49(21-48)102-26-47-24-80(77-75-47)71-65(110-42(12)92)61(106-38(8)88)59(53(114-71)28-98-32(2)82)118-73-67(112-44(14)94)63(108-40(10)90)57(104-36(6)86)55(116-73)30-100-34(4)84/h15-21,23-24,52-67,70-73H,22,25-30H2,1-14H3/t52-,53-,54-,55-,56+,57+,58-,59-,60+,61+,62+,63+,64-,65-,66-,67-,70-,71-,72+,73+/m1/s1. The highest BCUT2D eigenvalue weighted by Crippen LogP contribution is 2.42. The Labute approximate surface area is 669 Å². The number of imide groups is 1. The van der Waals surface area contributed by atoms with Gasteiger partial charge in [-0.25, -0.2) is 9.36 Å². The van der Waals surface area contributed by atoms with Gasteiger partial charge < -0.3 is 104 Å². The van der Waals surface area contributed by atoms with Crippen molar-refractivity contribution in [3.05, 3.63) is 82.9 Å². The molecule has 2 amide bonds. The van der Waals surface area contributed by atoms with E-state index in [1.807, 2.05) is 0 Å². The Balaban J connectivity index is 1.02. The Morgan fingerprint density at radius 3 is 0.924 bits per heavy atom. The lowest BCUT2D eigenvalue weighted by molar-refractivity contribution is -0.349. The highest BCUT2D eigenvalue weighted by atomic mass is 16.8. The van der Waals surface area contributed by atoms with Crippen LogP contribution in [0.4, 0.5) is 0 Å². The Bertz CT molecular complexity index is 4160. The number of ether oxygens (including phenoxy) is 22. The molecular weight excluding hydrogens is 1580 g/mol. The van der Waals surface area contributed by atoms with E-state index in [-0.39, 0.29) is 46.1 Å². The fraction of sp³-hybridized carbons (Fsp3) is 0.562. The summed E-state index contributed by atoms with van der Waals surface area (Å²) in [6.07, 6.45) is -32.7. The molecule has 0 N–H and O–H groups in total. The van der Waals surface area contributed by atoms with E-state index < -0.39 is 258 Å². The molecule has 0 aliphatic carbocycles. The lowest BCUT2D eigenvalue weighted by atomic mass is 9.95. The number of amides is 2. The maximum absolute atomic E-state index is 13.8. The van der Waals surface area contributed by atoms with Crippen molar-refractivity contribution in [2.75, 3.05) is 26.4 Å². The average molecular weight is 1670 g/mol. The summed E-state index contributed by atoms with van der Waals surface area (Å²) in [5.41, 5.74) is 0.479. The summed E-state index contributed by atoms with van der Waals surface area (Å²) in [5, 5.41) is 16.9. The van der Waals surface area contributed by atoms with E-state index in [4.69, 9.17) is 104 Å². The Kier molecular flexibility index (Phi) is 30.5. The predicted molar refractivity (Wildman–Crippen MR) is 373 cm³/mol. The Hall–Kier alpha value is -12.2. The van der Waals surface area contributed by atoms with Crippen molar-refractivity contribution in [1.82, 2.24) is 34.9 Å². The van der Waals surface area contributed by atoms with Gasteiger partial charge in [0.25, 0.3) is 11.8 Å². The minimum absolute atomic E-state index is 0.00643. The molecule has 4 fully saturated rings. The molecular formula is C73H85N7O38. The predicted octanol–water partition coefficient (Wildman–Crippen LogP) is 0.408. The highest BCUT2D eigenvalue weighted by molar-refractivity contribution is 6.21. The molecule has 0 unspecified atom stereocenters. The van der Waals surface area contributed by atoms with Crippen molar-refractivity contribution >= 4 is 95.4 Å². The lowest BCUT2D eigenvalue weighted by Crippen LogP contribution is -2.66. The van der Waals surface area contributed by atoms with Crippen molar-refractivity contribution in [3.63, 3.8) is 0 Å². The molecule has 5 aliphatic heterocycles.